The SMILES string of the molecule is O=C(COc1ccccc1Cl)Nc1ccc2oc(-c3ccccc3Br)nc2c1. The number of hydrogen-bond donors (Lipinski definition) is 1. The number of nitrogens with zero attached hydrogens (tertiary/aromatic N) is 1. The lowest BCUT2D eigenvalue weighted by molar-refractivity contribution is -0.118. The quantitative estimate of drug-likeness (QED) is 0.403. The average molecular weight is 458 g/mol. The van der Waals surface area contributed by atoms with E-state index in [2.05, 4.69) is 26.2 Å². The third-order valence-corrected chi connectivity index (χ3v) is 4.97. The molecule has 7 heteroatoms. The van der Waals surface area contributed by atoms with Gasteiger partial charge in [-0.1, -0.05) is 35.9 Å². The highest BCUT2D eigenvalue weighted by Gasteiger charge is 2.12. The van der Waals surface area contributed by atoms with Crippen molar-refractivity contribution in [3.63, 3.8) is 0 Å². The minimum atomic E-state index is -0.297. The van der Waals surface area contributed by atoms with Gasteiger partial charge in [-0.3, -0.25) is 4.79 Å². The number of nitrogens with one attached hydrogen (secondary N) is 1. The van der Waals surface area contributed by atoms with E-state index in [1.165, 1.54) is 0 Å². The van der Waals surface area contributed by atoms with Crippen molar-refractivity contribution in [2.45, 2.75) is 0 Å². The van der Waals surface area contributed by atoms with Crippen LogP contribution >= 0.6 is 27.5 Å². The van der Waals surface area contributed by atoms with Gasteiger partial charge in [-0.15, -0.1) is 0 Å². The van der Waals surface area contributed by atoms with E-state index in [1.54, 1.807) is 42.5 Å². The number of rotatable bonds is 5. The fourth-order valence-corrected chi connectivity index (χ4v) is 3.30. The maximum absolute atomic E-state index is 12.2. The summed E-state index contributed by atoms with van der Waals surface area (Å²) in [6.07, 6.45) is 0. The van der Waals surface area contributed by atoms with Crippen molar-refractivity contribution in [3.05, 3.63) is 76.2 Å². The summed E-state index contributed by atoms with van der Waals surface area (Å²) in [6, 6.07) is 20.0. The van der Waals surface area contributed by atoms with Crippen LogP contribution in [-0.4, -0.2) is 17.5 Å². The van der Waals surface area contributed by atoms with Crippen LogP contribution < -0.4 is 10.1 Å². The number of oxazole rings is 1. The fourth-order valence-electron chi connectivity index (χ4n) is 2.66. The van der Waals surface area contributed by atoms with Gasteiger partial charge >= 0.3 is 0 Å². The molecule has 1 amide bonds. The molecule has 140 valence electrons. The van der Waals surface area contributed by atoms with E-state index in [-0.39, 0.29) is 12.5 Å². The molecule has 0 spiro atoms. The summed E-state index contributed by atoms with van der Waals surface area (Å²) in [4.78, 5) is 16.7. The summed E-state index contributed by atoms with van der Waals surface area (Å²) in [6.45, 7) is -0.150. The van der Waals surface area contributed by atoms with Gasteiger partial charge in [0.05, 0.1) is 10.6 Å². The van der Waals surface area contributed by atoms with Crippen molar-refractivity contribution in [2.24, 2.45) is 0 Å². The zero-order valence-corrected chi connectivity index (χ0v) is 16.8. The van der Waals surface area contributed by atoms with Crippen LogP contribution in [-0.2, 0) is 4.79 Å². The molecule has 0 aliphatic heterocycles. The van der Waals surface area contributed by atoms with Crippen LogP contribution in [0, 0.1) is 0 Å². The lowest BCUT2D eigenvalue weighted by Crippen LogP contribution is -2.20. The molecular formula is C21H14BrClN2O3. The van der Waals surface area contributed by atoms with Gasteiger partial charge in [0.2, 0.25) is 5.89 Å². The van der Waals surface area contributed by atoms with Crippen molar-refractivity contribution in [1.29, 1.82) is 0 Å². The third-order valence-electron chi connectivity index (χ3n) is 3.97. The minimum absolute atomic E-state index is 0.150. The van der Waals surface area contributed by atoms with E-state index in [0.29, 0.717) is 33.4 Å². The monoisotopic (exact) mass is 456 g/mol. The summed E-state index contributed by atoms with van der Waals surface area (Å²) in [5.41, 5.74) is 2.75. The molecule has 0 aliphatic rings. The predicted octanol–water partition coefficient (Wildman–Crippen LogP) is 5.93. The zero-order valence-electron chi connectivity index (χ0n) is 14.5. The molecule has 4 rings (SSSR count). The first-order valence-corrected chi connectivity index (χ1v) is 9.60. The number of fused-ring (bicyclic) bond motifs is 1. The van der Waals surface area contributed by atoms with Crippen molar-refractivity contribution < 1.29 is 13.9 Å². The number of carbonyl (C=O) groups is 1. The van der Waals surface area contributed by atoms with Crippen molar-refractivity contribution in [3.8, 4) is 17.2 Å². The Bertz CT molecular complexity index is 1160. The molecule has 0 radical (unpaired) electrons. The Balaban J connectivity index is 1.48. The van der Waals surface area contributed by atoms with E-state index in [9.17, 15) is 4.79 Å². The summed E-state index contributed by atoms with van der Waals surface area (Å²) in [7, 11) is 0. The van der Waals surface area contributed by atoms with E-state index in [0.717, 1.165) is 10.0 Å². The standard InChI is InChI=1S/C21H14BrClN2O3/c22-15-6-2-1-5-14(15)21-25-17-11-13(9-10-19(17)28-21)24-20(26)12-27-18-8-4-3-7-16(18)23/h1-11H,12H2,(H,24,26). The first kappa shape index (κ1) is 18.5. The van der Waals surface area contributed by atoms with E-state index < -0.39 is 0 Å². The molecule has 3 aromatic carbocycles. The van der Waals surface area contributed by atoms with E-state index in [4.69, 9.17) is 20.8 Å². The Morgan fingerprint density at radius 1 is 1.11 bits per heavy atom. The van der Waals surface area contributed by atoms with Gasteiger partial charge in [-0.05, 0) is 58.4 Å². The largest absolute Gasteiger partial charge is 0.482 e. The molecule has 1 N–H and O–H groups in total. The lowest BCUT2D eigenvalue weighted by atomic mass is 10.2. The van der Waals surface area contributed by atoms with E-state index in [1.807, 2.05) is 24.3 Å². The van der Waals surface area contributed by atoms with Gasteiger partial charge in [-0.2, -0.15) is 0 Å². The van der Waals surface area contributed by atoms with Crippen molar-refractivity contribution >= 4 is 50.2 Å². The number of halogens is 2. The first-order valence-electron chi connectivity index (χ1n) is 8.43. The van der Waals surface area contributed by atoms with Crippen LogP contribution in [0.1, 0.15) is 0 Å². The average Bonchev–Trinajstić information content (AvgIpc) is 3.11. The van der Waals surface area contributed by atoms with Crippen LogP contribution in [0.3, 0.4) is 0 Å². The fraction of sp³-hybridized carbons (Fsp3) is 0.0476. The molecule has 0 saturated heterocycles. The summed E-state index contributed by atoms with van der Waals surface area (Å²) in [5, 5.41) is 3.24. The molecule has 0 unspecified atom stereocenters. The van der Waals surface area contributed by atoms with Crippen LogP contribution in [0.5, 0.6) is 5.75 Å². The maximum Gasteiger partial charge on any atom is 0.262 e. The van der Waals surface area contributed by atoms with Gasteiger partial charge in [0.25, 0.3) is 5.91 Å². The predicted molar refractivity (Wildman–Crippen MR) is 113 cm³/mol. The van der Waals surface area contributed by atoms with Crippen LogP contribution in [0.25, 0.3) is 22.6 Å². The topological polar surface area (TPSA) is 64.4 Å². The van der Waals surface area contributed by atoms with Crippen molar-refractivity contribution in [2.75, 3.05) is 11.9 Å². The maximum atomic E-state index is 12.2. The van der Waals surface area contributed by atoms with Crippen LogP contribution in [0.15, 0.2) is 75.6 Å². The van der Waals surface area contributed by atoms with Crippen LogP contribution in [0.4, 0.5) is 5.69 Å². The van der Waals surface area contributed by atoms with Crippen LogP contribution in [0.2, 0.25) is 5.02 Å². The Morgan fingerprint density at radius 2 is 1.89 bits per heavy atom. The molecule has 0 atom stereocenters. The second kappa shape index (κ2) is 8.04. The number of amides is 1. The second-order valence-corrected chi connectivity index (χ2v) is 7.21. The summed E-state index contributed by atoms with van der Waals surface area (Å²) < 4.78 is 12.2. The Kier molecular flexibility index (Phi) is 5.32. The molecule has 0 fully saturated rings. The van der Waals surface area contributed by atoms with Gasteiger partial charge in [0, 0.05) is 10.2 Å². The number of aromatic nitrogens is 1. The zero-order chi connectivity index (χ0) is 19.5. The Labute approximate surface area is 174 Å². The molecule has 1 aromatic heterocycles. The molecule has 1 heterocycles. The number of hydrogen-bond acceptors (Lipinski definition) is 4. The number of benzene rings is 3. The molecule has 28 heavy (non-hydrogen) atoms. The molecule has 0 aliphatic carbocycles. The number of carbonyl (C=O) groups excluding carboxylic acids is 1. The molecule has 4 aromatic rings. The minimum Gasteiger partial charge on any atom is -0.482 e. The Hall–Kier alpha value is -2.83. The second-order valence-electron chi connectivity index (χ2n) is 5.95. The van der Waals surface area contributed by atoms with Gasteiger partial charge in [-0.25, -0.2) is 4.98 Å². The number of anilines is 1. The molecule has 0 bridgehead atoms. The van der Waals surface area contributed by atoms with Gasteiger partial charge < -0.3 is 14.5 Å². The summed E-state index contributed by atoms with van der Waals surface area (Å²) >= 11 is 9.52. The van der Waals surface area contributed by atoms with Crippen molar-refractivity contribution in [1.82, 2.24) is 4.98 Å². The molecule has 5 nitrogen and oxygen atoms in total. The van der Waals surface area contributed by atoms with Gasteiger partial charge in [0.15, 0.2) is 12.2 Å². The lowest BCUT2D eigenvalue weighted by Gasteiger charge is -2.08. The van der Waals surface area contributed by atoms with Gasteiger partial charge in [0.1, 0.15) is 11.3 Å². The summed E-state index contributed by atoms with van der Waals surface area (Å²) in [5.74, 6) is 0.672. The highest BCUT2D eigenvalue weighted by atomic mass is 79.9. The highest BCUT2D eigenvalue weighted by Crippen LogP contribution is 2.31. The number of ether oxygens (including phenoxy) is 1. The number of para-hydroxylation sites is 1. The molecule has 0 saturated carbocycles. The normalized spacial score (nSPS) is 10.8. The highest BCUT2D eigenvalue weighted by molar-refractivity contribution is 9.10. The third kappa shape index (κ3) is 4.03. The first-order chi connectivity index (χ1) is 13.6. The Morgan fingerprint density at radius 3 is 2.71 bits per heavy atom. The molecular weight excluding hydrogens is 444 g/mol. The van der Waals surface area contributed by atoms with E-state index >= 15 is 0 Å². The smallest absolute Gasteiger partial charge is 0.262 e.